The van der Waals surface area contributed by atoms with E-state index in [0.717, 1.165) is 15.8 Å². The molecule has 2 aromatic rings. The van der Waals surface area contributed by atoms with E-state index >= 15 is 0 Å². The van der Waals surface area contributed by atoms with Gasteiger partial charge in [0, 0.05) is 5.39 Å². The highest BCUT2D eigenvalue weighted by Gasteiger charge is 2.32. The second-order valence-electron chi connectivity index (χ2n) is 3.64. The van der Waals surface area contributed by atoms with Crippen molar-refractivity contribution in [3.63, 3.8) is 0 Å². The largest absolute Gasteiger partial charge is 0.460 e. The molecule has 18 heavy (non-hydrogen) atoms. The van der Waals surface area contributed by atoms with Gasteiger partial charge < -0.3 is 4.74 Å². The molecule has 0 aliphatic heterocycles. The van der Waals surface area contributed by atoms with Crippen molar-refractivity contribution in [3.8, 4) is 0 Å². The molecule has 0 aliphatic carbocycles. The van der Waals surface area contributed by atoms with Crippen LogP contribution in [0.3, 0.4) is 0 Å². The number of rotatable bonds is 3. The molecule has 0 saturated carbocycles. The van der Waals surface area contributed by atoms with E-state index in [1.807, 2.05) is 12.3 Å². The van der Waals surface area contributed by atoms with Gasteiger partial charge in [0.2, 0.25) is 0 Å². The van der Waals surface area contributed by atoms with Gasteiger partial charge >= 0.3 is 12.0 Å². The Morgan fingerprint density at radius 2 is 2.39 bits per heavy atom. The molecule has 0 aliphatic rings. The van der Waals surface area contributed by atoms with E-state index in [4.69, 9.17) is 11.3 Å². The van der Waals surface area contributed by atoms with E-state index in [1.165, 1.54) is 17.7 Å². The first-order valence-corrected chi connectivity index (χ1v) is 6.28. The summed E-state index contributed by atoms with van der Waals surface area (Å²) < 4.78 is 4.90. The number of fused-ring (bicyclic) bond motifs is 1. The topological polar surface area (TPSA) is 56.4 Å². The lowest BCUT2D eigenvalue weighted by Crippen LogP contribution is -2.14. The summed E-state index contributed by atoms with van der Waals surface area (Å²) in [5, 5.41) is 2.73. The van der Waals surface area contributed by atoms with Crippen LogP contribution in [-0.2, 0) is 9.53 Å². The van der Waals surface area contributed by atoms with Crippen molar-refractivity contribution in [2.45, 2.75) is 19.9 Å². The van der Waals surface area contributed by atoms with Gasteiger partial charge in [-0.05, 0) is 24.8 Å². The van der Waals surface area contributed by atoms with Crippen molar-refractivity contribution >= 4 is 27.5 Å². The Bertz CT molecular complexity index is 630. The lowest BCUT2D eigenvalue weighted by molar-refractivity contribution is -0.143. The zero-order valence-corrected chi connectivity index (χ0v) is 10.8. The van der Waals surface area contributed by atoms with E-state index in [-0.39, 0.29) is 6.61 Å². The molecule has 1 atom stereocenters. The average molecular weight is 261 g/mol. The van der Waals surface area contributed by atoms with E-state index < -0.39 is 12.0 Å². The van der Waals surface area contributed by atoms with Gasteiger partial charge in [-0.2, -0.15) is 0 Å². The van der Waals surface area contributed by atoms with Crippen molar-refractivity contribution in [1.29, 1.82) is 0 Å². The van der Waals surface area contributed by atoms with Crippen LogP contribution in [0.5, 0.6) is 0 Å². The predicted octanol–water partition coefficient (Wildman–Crippen LogP) is 2.52. The Morgan fingerprint density at radius 3 is 3.06 bits per heavy atom. The fourth-order valence-electron chi connectivity index (χ4n) is 1.70. The third-order valence-corrected chi connectivity index (χ3v) is 3.49. The molecular formula is C12H11N3O2S. The highest BCUT2D eigenvalue weighted by atomic mass is 32.1. The van der Waals surface area contributed by atoms with Crippen LogP contribution in [0.15, 0.2) is 11.7 Å². The Hall–Kier alpha value is -2.00. The van der Waals surface area contributed by atoms with E-state index in [1.54, 1.807) is 6.92 Å². The summed E-state index contributed by atoms with van der Waals surface area (Å²) in [4.78, 5) is 24.1. The number of nitrogens with zero attached hydrogens (tertiary/aromatic N) is 3. The molecular weight excluding hydrogens is 250 g/mol. The molecule has 92 valence electrons. The minimum Gasteiger partial charge on any atom is -0.460 e. The minimum absolute atomic E-state index is 0.252. The maximum atomic E-state index is 11.8. The van der Waals surface area contributed by atoms with Crippen LogP contribution in [0.2, 0.25) is 0 Å². The molecule has 1 unspecified atom stereocenters. The van der Waals surface area contributed by atoms with Crippen LogP contribution in [0.1, 0.15) is 24.2 Å². The van der Waals surface area contributed by atoms with E-state index in [0.29, 0.717) is 5.69 Å². The molecule has 0 bridgehead atoms. The first-order valence-electron chi connectivity index (χ1n) is 5.41. The fraction of sp³-hybridized carbons (Fsp3) is 0.333. The molecule has 2 aromatic heterocycles. The summed E-state index contributed by atoms with van der Waals surface area (Å²) in [6.45, 7) is 11.1. The van der Waals surface area contributed by atoms with Crippen molar-refractivity contribution in [2.24, 2.45) is 0 Å². The normalized spacial score (nSPS) is 12.1. The molecule has 5 nitrogen and oxygen atoms in total. The number of carbonyl (C=O) groups is 1. The molecule has 0 saturated heterocycles. The summed E-state index contributed by atoms with van der Waals surface area (Å²) >= 11 is 1.47. The quantitative estimate of drug-likeness (QED) is 0.629. The maximum absolute atomic E-state index is 11.8. The van der Waals surface area contributed by atoms with Crippen LogP contribution >= 0.6 is 11.3 Å². The van der Waals surface area contributed by atoms with Crippen molar-refractivity contribution in [3.05, 3.63) is 34.4 Å². The van der Waals surface area contributed by atoms with Crippen molar-refractivity contribution < 1.29 is 9.53 Å². The summed E-state index contributed by atoms with van der Waals surface area (Å²) in [5.74, 6) is -0.557. The van der Waals surface area contributed by atoms with Crippen molar-refractivity contribution in [2.75, 3.05) is 6.61 Å². The first kappa shape index (κ1) is 12.5. The van der Waals surface area contributed by atoms with Crippen LogP contribution < -0.4 is 0 Å². The lowest BCUT2D eigenvalue weighted by atomic mass is 10.1. The van der Waals surface area contributed by atoms with Gasteiger partial charge in [-0.1, -0.05) is 0 Å². The van der Waals surface area contributed by atoms with Crippen LogP contribution in [0.4, 0.5) is 0 Å². The molecule has 2 heterocycles. The van der Waals surface area contributed by atoms with Crippen LogP contribution in [-0.4, -0.2) is 22.5 Å². The second-order valence-corrected chi connectivity index (χ2v) is 4.50. The zero-order valence-electron chi connectivity index (χ0n) is 10.0. The number of hydrogen-bond donors (Lipinski definition) is 0. The van der Waals surface area contributed by atoms with Gasteiger partial charge in [0.15, 0.2) is 0 Å². The maximum Gasteiger partial charge on any atom is 0.397 e. The Labute approximate surface area is 108 Å². The van der Waals surface area contributed by atoms with Crippen LogP contribution in [0.25, 0.3) is 15.1 Å². The average Bonchev–Trinajstić information content (AvgIpc) is 2.73. The van der Waals surface area contributed by atoms with Gasteiger partial charge in [0.05, 0.1) is 6.61 Å². The SMILES string of the molecule is [C-]#[N+]C(C(=O)OCC)c1ncnc2scc(C)c12. The number of thiophene rings is 1. The second kappa shape index (κ2) is 5.10. The number of carbonyl (C=O) groups excluding carboxylic acids is 1. The predicted molar refractivity (Wildman–Crippen MR) is 68.1 cm³/mol. The molecule has 0 radical (unpaired) electrons. The molecule has 0 spiro atoms. The summed E-state index contributed by atoms with van der Waals surface area (Å²) in [7, 11) is 0. The number of ether oxygens (including phenoxy) is 1. The molecule has 6 heteroatoms. The number of esters is 1. The van der Waals surface area contributed by atoms with Gasteiger partial charge in [-0.3, -0.25) is 4.85 Å². The van der Waals surface area contributed by atoms with Gasteiger partial charge in [-0.25, -0.2) is 21.3 Å². The van der Waals surface area contributed by atoms with E-state index in [2.05, 4.69) is 14.8 Å². The standard InChI is InChI=1S/C12H11N3O2S/c1-4-17-12(16)10(13-3)9-8-7(2)5-18-11(8)15-6-14-9/h5-6,10H,4H2,1-2H3. The van der Waals surface area contributed by atoms with Gasteiger partial charge in [0.25, 0.3) is 0 Å². The van der Waals surface area contributed by atoms with Crippen molar-refractivity contribution in [1.82, 2.24) is 9.97 Å². The Morgan fingerprint density at radius 1 is 1.61 bits per heavy atom. The fourth-order valence-corrected chi connectivity index (χ4v) is 2.60. The molecule has 2 rings (SSSR count). The summed E-state index contributed by atoms with van der Waals surface area (Å²) in [6, 6.07) is -1.01. The monoisotopic (exact) mass is 261 g/mol. The summed E-state index contributed by atoms with van der Waals surface area (Å²) in [5.41, 5.74) is 1.41. The third kappa shape index (κ3) is 2.05. The van der Waals surface area contributed by atoms with Gasteiger partial charge in [-0.15, -0.1) is 11.3 Å². The Kier molecular flexibility index (Phi) is 3.53. The first-order chi connectivity index (χ1) is 8.69. The van der Waals surface area contributed by atoms with E-state index in [9.17, 15) is 4.79 Å². The minimum atomic E-state index is -1.01. The third-order valence-electron chi connectivity index (χ3n) is 2.48. The van der Waals surface area contributed by atoms with Crippen LogP contribution in [0, 0.1) is 13.5 Å². The van der Waals surface area contributed by atoms with Gasteiger partial charge in [0.1, 0.15) is 16.9 Å². The lowest BCUT2D eigenvalue weighted by Gasteiger charge is -2.05. The Balaban J connectivity index is 2.55. The highest BCUT2D eigenvalue weighted by Crippen LogP contribution is 2.30. The number of aryl methyl sites for hydroxylation is 1. The molecule has 0 fully saturated rings. The summed E-state index contributed by atoms with van der Waals surface area (Å²) in [6.07, 6.45) is 1.38. The number of hydrogen-bond acceptors (Lipinski definition) is 5. The number of aromatic nitrogens is 2. The molecule has 0 aromatic carbocycles. The smallest absolute Gasteiger partial charge is 0.397 e. The zero-order chi connectivity index (χ0) is 13.1. The highest BCUT2D eigenvalue weighted by molar-refractivity contribution is 7.16. The molecule has 0 N–H and O–H groups in total. The molecule has 0 amide bonds.